The maximum absolute atomic E-state index is 12.4. The van der Waals surface area contributed by atoms with Crippen LogP contribution >= 0.6 is 0 Å². The molecule has 0 radical (unpaired) electrons. The van der Waals surface area contributed by atoms with Crippen molar-refractivity contribution in [1.82, 2.24) is 4.90 Å². The molecule has 49 heavy (non-hydrogen) atoms. The molecule has 1 amide bonds. The Kier molecular flexibility index (Phi) is 22.2. The van der Waals surface area contributed by atoms with Crippen molar-refractivity contribution >= 4 is 23.4 Å². The lowest BCUT2D eigenvalue weighted by Crippen LogP contribution is -2.57. The number of amides is 1. The average Bonchev–Trinajstić information content (AvgIpc) is 3.08. The number of aliphatic carboxylic acids is 1. The number of likely N-dealkylation sites (tertiary alicyclic amines) is 1. The first-order chi connectivity index (χ1) is 23.3. The highest BCUT2D eigenvalue weighted by Gasteiger charge is 2.46. The fourth-order valence-electron chi connectivity index (χ4n) is 6.98. The number of nitrogens with zero attached hydrogens (tertiary/aromatic N) is 1. The van der Waals surface area contributed by atoms with Crippen LogP contribution in [-0.4, -0.2) is 75.2 Å². The van der Waals surface area contributed by atoms with Crippen LogP contribution in [0, 0.1) is 17.8 Å². The quantitative estimate of drug-likeness (QED) is 0.0454. The van der Waals surface area contributed by atoms with Gasteiger partial charge in [0.05, 0.1) is 6.10 Å². The summed E-state index contributed by atoms with van der Waals surface area (Å²) in [6, 6.07) is -1.09. The fraction of sp³-hybridized carbons (Fsp3) is 0.750. The van der Waals surface area contributed by atoms with Gasteiger partial charge in [0.15, 0.2) is 0 Å². The van der Waals surface area contributed by atoms with E-state index in [9.17, 15) is 34.5 Å². The van der Waals surface area contributed by atoms with Gasteiger partial charge in [-0.05, 0) is 90.4 Å². The van der Waals surface area contributed by atoms with Crippen molar-refractivity contribution in [3.8, 4) is 0 Å². The van der Waals surface area contributed by atoms with Crippen LogP contribution in [0.5, 0.6) is 0 Å². The summed E-state index contributed by atoms with van der Waals surface area (Å²) in [4.78, 5) is 49.2. The van der Waals surface area contributed by atoms with Crippen LogP contribution in [0.2, 0.25) is 0 Å². The number of methoxy groups -OCH3 is 1. The normalized spacial score (nSPS) is 20.9. The van der Waals surface area contributed by atoms with Gasteiger partial charge in [-0.25, -0.2) is 4.79 Å². The Morgan fingerprint density at radius 3 is 2.35 bits per heavy atom. The fourth-order valence-corrected chi connectivity index (χ4v) is 6.98. The van der Waals surface area contributed by atoms with Gasteiger partial charge in [0.25, 0.3) is 11.7 Å². The van der Waals surface area contributed by atoms with Gasteiger partial charge in [0.1, 0.15) is 11.8 Å². The van der Waals surface area contributed by atoms with Gasteiger partial charge in [0, 0.05) is 31.9 Å². The molecule has 5 atom stereocenters. The molecule has 280 valence electrons. The van der Waals surface area contributed by atoms with Crippen LogP contribution in [0.4, 0.5) is 0 Å². The van der Waals surface area contributed by atoms with Gasteiger partial charge in [-0.15, -0.1) is 13.2 Å². The van der Waals surface area contributed by atoms with Crippen LogP contribution in [0.1, 0.15) is 143 Å². The van der Waals surface area contributed by atoms with E-state index in [1.165, 1.54) is 58.3 Å². The zero-order valence-corrected chi connectivity index (χ0v) is 31.0. The minimum atomic E-state index is -2.78. The maximum atomic E-state index is 12.4. The molecule has 0 aromatic carbocycles. The second-order valence-corrected chi connectivity index (χ2v) is 14.4. The molecule has 0 bridgehead atoms. The van der Waals surface area contributed by atoms with Gasteiger partial charge in [0.2, 0.25) is 5.79 Å². The Bertz CT molecular complexity index is 1070. The largest absolute Gasteiger partial charge is 0.480 e. The number of hydrogen-bond donors (Lipinski definition) is 3. The molecule has 1 aliphatic carbocycles. The van der Waals surface area contributed by atoms with Crippen molar-refractivity contribution in [2.75, 3.05) is 13.7 Å². The topological polar surface area (TPSA) is 141 Å². The summed E-state index contributed by atoms with van der Waals surface area (Å²) in [5.41, 5.74) is 1.09. The number of Topliss-reactive ketones (excluding diaryl/α,β-unsaturated/α-hetero) is 2. The Morgan fingerprint density at radius 1 is 1.00 bits per heavy atom. The third-order valence-electron chi connectivity index (χ3n) is 10.1. The monoisotopic (exact) mass is 689 g/mol. The van der Waals surface area contributed by atoms with E-state index >= 15 is 0 Å². The SMILES string of the molecule is C/C=C\CCCCC(C)C(O)(O)C(=O)C(=O)N1CCCCC1C(=O)O.C=CCC(CC(=C)C)C(=O)CCCCCCC1CCCC(OC)C1. The molecule has 2 rings (SSSR count). The highest BCUT2D eigenvalue weighted by atomic mass is 16.5. The van der Waals surface area contributed by atoms with E-state index < -0.39 is 35.4 Å². The Morgan fingerprint density at radius 2 is 1.71 bits per heavy atom. The summed E-state index contributed by atoms with van der Waals surface area (Å²) in [6.07, 6.45) is 24.2. The van der Waals surface area contributed by atoms with Gasteiger partial charge in [-0.1, -0.05) is 75.7 Å². The molecule has 1 saturated heterocycles. The van der Waals surface area contributed by atoms with E-state index in [-0.39, 0.29) is 18.9 Å². The molecule has 1 aliphatic heterocycles. The first kappa shape index (κ1) is 44.4. The van der Waals surface area contributed by atoms with Crippen molar-refractivity contribution in [3.05, 3.63) is 37.0 Å². The Hall–Kier alpha value is -2.62. The number of rotatable bonds is 22. The second-order valence-electron chi connectivity index (χ2n) is 14.4. The zero-order chi connectivity index (χ0) is 36.8. The summed E-state index contributed by atoms with van der Waals surface area (Å²) in [5, 5.41) is 29.6. The number of carbonyl (C=O) groups excluding carboxylic acids is 3. The standard InChI is InChI=1S/C22H38O2.C18H29NO6/c1-5-11-20(16-18(2)3)22(23)15-9-7-6-8-12-19-13-10-14-21(17-19)24-4;1-3-4-5-6-7-10-13(2)18(24,25)15(20)16(21)19-12-9-8-11-14(19)17(22)23/h5,19-21H,1-2,6-17H2,3-4H3;3-4,13-14,24-25H,5-12H2,1-2H3,(H,22,23)/b;4-3-. The van der Waals surface area contributed by atoms with Crippen molar-refractivity contribution in [2.24, 2.45) is 17.8 Å². The zero-order valence-electron chi connectivity index (χ0n) is 31.0. The highest BCUT2D eigenvalue weighted by Crippen LogP contribution is 2.30. The lowest BCUT2D eigenvalue weighted by atomic mass is 9.83. The Balaban J connectivity index is 0.000000490. The highest BCUT2D eigenvalue weighted by molar-refractivity contribution is 6.39. The molecule has 3 N–H and O–H groups in total. The number of aliphatic hydroxyl groups is 2. The van der Waals surface area contributed by atoms with Gasteiger partial charge < -0.3 is 25.0 Å². The molecule has 1 heterocycles. The first-order valence-electron chi connectivity index (χ1n) is 18.7. The number of carbonyl (C=O) groups is 4. The molecule has 0 aromatic rings. The van der Waals surface area contributed by atoms with Crippen LogP contribution in [0.3, 0.4) is 0 Å². The molecule has 2 aliphatic rings. The lowest BCUT2D eigenvalue weighted by molar-refractivity contribution is -0.205. The van der Waals surface area contributed by atoms with Crippen molar-refractivity contribution in [2.45, 2.75) is 161 Å². The number of carboxylic acids is 1. The van der Waals surface area contributed by atoms with Crippen LogP contribution in [0.15, 0.2) is 37.0 Å². The van der Waals surface area contributed by atoms with Crippen molar-refractivity contribution < 1.29 is 39.2 Å². The van der Waals surface area contributed by atoms with Gasteiger partial charge in [-0.2, -0.15) is 0 Å². The molecule has 0 aromatic heterocycles. The third kappa shape index (κ3) is 16.8. The number of piperidine rings is 1. The smallest absolute Gasteiger partial charge is 0.326 e. The molecule has 1 saturated carbocycles. The van der Waals surface area contributed by atoms with Crippen LogP contribution < -0.4 is 0 Å². The predicted molar refractivity (Wildman–Crippen MR) is 195 cm³/mol. The third-order valence-corrected chi connectivity index (χ3v) is 10.1. The minimum absolute atomic E-state index is 0.105. The Labute approximate surface area is 296 Å². The lowest BCUT2D eigenvalue weighted by Gasteiger charge is -2.35. The summed E-state index contributed by atoms with van der Waals surface area (Å²) in [5.74, 6) is -5.89. The predicted octanol–water partition coefficient (Wildman–Crippen LogP) is 7.73. The maximum Gasteiger partial charge on any atom is 0.326 e. The number of unbranched alkanes of at least 4 members (excludes halogenated alkanes) is 5. The van der Waals surface area contributed by atoms with E-state index in [2.05, 4.69) is 13.2 Å². The molecule has 9 heteroatoms. The molecular weight excluding hydrogens is 622 g/mol. The minimum Gasteiger partial charge on any atom is -0.480 e. The van der Waals surface area contributed by atoms with Gasteiger partial charge >= 0.3 is 5.97 Å². The molecule has 5 unspecified atom stereocenters. The molecule has 9 nitrogen and oxygen atoms in total. The summed E-state index contributed by atoms with van der Waals surface area (Å²) < 4.78 is 5.51. The number of allylic oxidation sites excluding steroid dienone is 4. The molecule has 0 spiro atoms. The van der Waals surface area contributed by atoms with E-state index in [1.807, 2.05) is 39.2 Å². The average molecular weight is 690 g/mol. The second kappa shape index (κ2) is 24.5. The number of ketones is 2. The number of carboxylic acid groups (broad SMARTS) is 1. The van der Waals surface area contributed by atoms with Gasteiger partial charge in [-0.3, -0.25) is 14.4 Å². The van der Waals surface area contributed by atoms with E-state index in [0.717, 1.165) is 54.9 Å². The van der Waals surface area contributed by atoms with E-state index in [1.54, 1.807) is 0 Å². The molecule has 2 fully saturated rings. The summed E-state index contributed by atoms with van der Waals surface area (Å²) in [7, 11) is 1.84. The van der Waals surface area contributed by atoms with Crippen LogP contribution in [-0.2, 0) is 23.9 Å². The van der Waals surface area contributed by atoms with Crippen LogP contribution in [0.25, 0.3) is 0 Å². The first-order valence-corrected chi connectivity index (χ1v) is 18.7. The number of hydrogen-bond acceptors (Lipinski definition) is 7. The molecular formula is C40H67NO8. The van der Waals surface area contributed by atoms with Crippen molar-refractivity contribution in [1.29, 1.82) is 0 Å². The summed E-state index contributed by atoms with van der Waals surface area (Å²) in [6.45, 7) is 13.3. The van der Waals surface area contributed by atoms with E-state index in [4.69, 9.17) is 4.74 Å². The number of ether oxygens (including phenoxy) is 1. The summed E-state index contributed by atoms with van der Waals surface area (Å²) >= 11 is 0. The van der Waals surface area contributed by atoms with Crippen molar-refractivity contribution in [3.63, 3.8) is 0 Å². The van der Waals surface area contributed by atoms with E-state index in [0.29, 0.717) is 37.6 Å².